The van der Waals surface area contributed by atoms with E-state index in [0.29, 0.717) is 5.95 Å². The van der Waals surface area contributed by atoms with Crippen molar-refractivity contribution < 1.29 is 0 Å². The van der Waals surface area contributed by atoms with Gasteiger partial charge in [-0.25, -0.2) is 4.98 Å². The summed E-state index contributed by atoms with van der Waals surface area (Å²) in [6.45, 7) is 6.27. The van der Waals surface area contributed by atoms with E-state index in [1.54, 1.807) is 0 Å². The molecule has 94 valence electrons. The van der Waals surface area contributed by atoms with E-state index in [2.05, 4.69) is 41.0 Å². The molecule has 2 rings (SSSR count). The van der Waals surface area contributed by atoms with Crippen LogP contribution in [0.5, 0.6) is 0 Å². The number of rotatable bonds is 3. The Morgan fingerprint density at radius 2 is 1.88 bits per heavy atom. The number of nitrogens with two attached hydrogens (primary N) is 1. The van der Waals surface area contributed by atoms with Gasteiger partial charge in [0.2, 0.25) is 5.95 Å². The third kappa shape index (κ3) is 3.07. The van der Waals surface area contributed by atoms with Crippen LogP contribution in [0.3, 0.4) is 0 Å². The molecule has 0 aromatic carbocycles. The summed E-state index contributed by atoms with van der Waals surface area (Å²) in [5, 5.41) is 3.91. The molecule has 3 N–H and O–H groups in total. The van der Waals surface area contributed by atoms with Crippen molar-refractivity contribution in [3.05, 3.63) is 5.82 Å². The van der Waals surface area contributed by atoms with E-state index < -0.39 is 0 Å². The third-order valence-electron chi connectivity index (χ3n) is 2.62. The SMILES string of the molecule is CSc1nc(NC2(N)CC2)nc(C(C)(C)C)n1. The molecule has 6 heteroatoms. The Balaban J connectivity index is 2.31. The molecule has 0 radical (unpaired) electrons. The van der Waals surface area contributed by atoms with Crippen molar-refractivity contribution in [1.29, 1.82) is 0 Å². The molecule has 1 saturated carbocycles. The lowest BCUT2D eigenvalue weighted by molar-refractivity contribution is 0.531. The molecule has 0 unspecified atom stereocenters. The van der Waals surface area contributed by atoms with Crippen molar-refractivity contribution in [3.63, 3.8) is 0 Å². The lowest BCUT2D eigenvalue weighted by Crippen LogP contribution is -2.33. The number of anilines is 1. The summed E-state index contributed by atoms with van der Waals surface area (Å²) in [4.78, 5) is 13.2. The Morgan fingerprint density at radius 3 is 2.35 bits per heavy atom. The largest absolute Gasteiger partial charge is 0.336 e. The van der Waals surface area contributed by atoms with Crippen LogP contribution < -0.4 is 11.1 Å². The lowest BCUT2D eigenvalue weighted by Gasteiger charge is -2.19. The first kappa shape index (κ1) is 12.6. The summed E-state index contributed by atoms with van der Waals surface area (Å²) in [5.41, 5.74) is 5.62. The fourth-order valence-corrected chi connectivity index (χ4v) is 1.68. The first-order valence-corrected chi connectivity index (χ1v) is 6.92. The fraction of sp³-hybridized carbons (Fsp3) is 0.727. The minimum absolute atomic E-state index is 0.0881. The highest BCUT2D eigenvalue weighted by Gasteiger charge is 2.39. The van der Waals surface area contributed by atoms with Crippen molar-refractivity contribution in [1.82, 2.24) is 15.0 Å². The fourth-order valence-electron chi connectivity index (χ4n) is 1.32. The number of aromatic nitrogens is 3. The van der Waals surface area contributed by atoms with Gasteiger partial charge in [0.25, 0.3) is 0 Å². The van der Waals surface area contributed by atoms with Crippen LogP contribution in [0.25, 0.3) is 0 Å². The van der Waals surface area contributed by atoms with Gasteiger partial charge in [-0.05, 0) is 19.1 Å². The highest BCUT2D eigenvalue weighted by molar-refractivity contribution is 7.98. The number of hydrogen-bond acceptors (Lipinski definition) is 6. The van der Waals surface area contributed by atoms with E-state index in [9.17, 15) is 0 Å². The minimum Gasteiger partial charge on any atom is -0.336 e. The summed E-state index contributed by atoms with van der Waals surface area (Å²) in [6.07, 6.45) is 3.90. The Labute approximate surface area is 106 Å². The van der Waals surface area contributed by atoms with Crippen LogP contribution in [0.15, 0.2) is 5.16 Å². The maximum Gasteiger partial charge on any atom is 0.228 e. The van der Waals surface area contributed by atoms with Crippen LogP contribution in [0, 0.1) is 0 Å². The van der Waals surface area contributed by atoms with Gasteiger partial charge in [-0.2, -0.15) is 9.97 Å². The van der Waals surface area contributed by atoms with Crippen molar-refractivity contribution in [2.45, 2.75) is 49.8 Å². The molecule has 0 bridgehead atoms. The monoisotopic (exact) mass is 253 g/mol. The molecule has 1 aromatic rings. The minimum atomic E-state index is -0.299. The quantitative estimate of drug-likeness (QED) is 0.631. The van der Waals surface area contributed by atoms with Gasteiger partial charge in [0.05, 0.1) is 5.66 Å². The van der Waals surface area contributed by atoms with Crippen LogP contribution in [0.1, 0.15) is 39.4 Å². The van der Waals surface area contributed by atoms with Gasteiger partial charge in [0.1, 0.15) is 5.82 Å². The third-order valence-corrected chi connectivity index (χ3v) is 3.17. The Hall–Kier alpha value is -0.880. The molecule has 1 aromatic heterocycles. The van der Waals surface area contributed by atoms with E-state index in [1.165, 1.54) is 11.8 Å². The summed E-state index contributed by atoms with van der Waals surface area (Å²) in [6, 6.07) is 0. The molecule has 0 spiro atoms. The van der Waals surface area contributed by atoms with Crippen molar-refractivity contribution in [2.24, 2.45) is 5.73 Å². The Morgan fingerprint density at radius 1 is 1.24 bits per heavy atom. The highest BCUT2D eigenvalue weighted by Crippen LogP contribution is 2.32. The number of hydrogen-bond donors (Lipinski definition) is 2. The Kier molecular flexibility index (Phi) is 3.03. The predicted molar refractivity (Wildman–Crippen MR) is 70.1 cm³/mol. The van der Waals surface area contributed by atoms with Gasteiger partial charge < -0.3 is 11.1 Å². The second-order valence-electron chi connectivity index (χ2n) is 5.50. The van der Waals surface area contributed by atoms with Crippen LogP contribution in [-0.2, 0) is 5.41 Å². The maximum atomic E-state index is 6.01. The zero-order chi connectivity index (χ0) is 12.7. The smallest absolute Gasteiger partial charge is 0.228 e. The summed E-state index contributed by atoms with van der Waals surface area (Å²) in [7, 11) is 0. The zero-order valence-corrected chi connectivity index (χ0v) is 11.6. The molecule has 1 aliphatic rings. The first-order chi connectivity index (χ1) is 7.82. The molecule has 0 aliphatic heterocycles. The highest BCUT2D eigenvalue weighted by atomic mass is 32.2. The molecule has 5 nitrogen and oxygen atoms in total. The summed E-state index contributed by atoms with van der Waals surface area (Å²) < 4.78 is 0. The Bertz CT molecular complexity index is 422. The van der Waals surface area contributed by atoms with Crippen LogP contribution in [0.2, 0.25) is 0 Å². The molecule has 0 atom stereocenters. The van der Waals surface area contributed by atoms with Gasteiger partial charge in [0, 0.05) is 5.41 Å². The first-order valence-electron chi connectivity index (χ1n) is 5.70. The normalized spacial score (nSPS) is 17.9. The van der Waals surface area contributed by atoms with Crippen LogP contribution in [-0.4, -0.2) is 26.9 Å². The van der Waals surface area contributed by atoms with E-state index in [1.807, 2.05) is 6.26 Å². The maximum absolute atomic E-state index is 6.01. The molecule has 1 aliphatic carbocycles. The van der Waals surface area contributed by atoms with Gasteiger partial charge in [-0.3, -0.25) is 0 Å². The molecule has 1 heterocycles. The van der Waals surface area contributed by atoms with Gasteiger partial charge in [0.15, 0.2) is 5.16 Å². The van der Waals surface area contributed by atoms with E-state index in [0.717, 1.165) is 23.8 Å². The number of nitrogens with one attached hydrogen (secondary N) is 1. The molecular weight excluding hydrogens is 234 g/mol. The van der Waals surface area contributed by atoms with Crippen LogP contribution in [0.4, 0.5) is 5.95 Å². The van der Waals surface area contributed by atoms with Gasteiger partial charge in [-0.1, -0.05) is 32.5 Å². The van der Waals surface area contributed by atoms with Gasteiger partial charge >= 0.3 is 0 Å². The molecule has 1 fully saturated rings. The average Bonchev–Trinajstić information content (AvgIpc) is 2.94. The second-order valence-corrected chi connectivity index (χ2v) is 6.27. The van der Waals surface area contributed by atoms with Crippen molar-refractivity contribution in [3.8, 4) is 0 Å². The zero-order valence-electron chi connectivity index (χ0n) is 10.7. The van der Waals surface area contributed by atoms with Crippen LogP contribution >= 0.6 is 11.8 Å². The van der Waals surface area contributed by atoms with Crippen molar-refractivity contribution >= 4 is 17.7 Å². The lowest BCUT2D eigenvalue weighted by atomic mass is 9.96. The van der Waals surface area contributed by atoms with E-state index in [-0.39, 0.29) is 11.1 Å². The standard InChI is InChI=1S/C11H19N5S/c1-10(2,3)7-13-8(15-9(14-7)17-4)16-11(12)5-6-11/h5-6,12H2,1-4H3,(H,13,14,15,16). The number of thioether (sulfide) groups is 1. The topological polar surface area (TPSA) is 76.7 Å². The molecule has 0 saturated heterocycles. The second kappa shape index (κ2) is 4.10. The molecule has 17 heavy (non-hydrogen) atoms. The molecule has 0 amide bonds. The van der Waals surface area contributed by atoms with Crippen molar-refractivity contribution in [2.75, 3.05) is 11.6 Å². The summed E-state index contributed by atoms with van der Waals surface area (Å²) in [5.74, 6) is 1.39. The number of nitrogens with zero attached hydrogens (tertiary/aromatic N) is 3. The average molecular weight is 253 g/mol. The predicted octanol–water partition coefficient (Wildman–Crippen LogP) is 1.75. The summed E-state index contributed by atoms with van der Waals surface area (Å²) >= 11 is 1.52. The van der Waals surface area contributed by atoms with E-state index in [4.69, 9.17) is 5.73 Å². The van der Waals surface area contributed by atoms with E-state index >= 15 is 0 Å². The molecular formula is C11H19N5S. The van der Waals surface area contributed by atoms with Gasteiger partial charge in [-0.15, -0.1) is 0 Å².